The molecule has 1 atom stereocenters. The fraction of sp³-hybridized carbons (Fsp3) is 0.242. The van der Waals surface area contributed by atoms with Gasteiger partial charge in [0.05, 0.1) is 24.5 Å². The monoisotopic (exact) mass is 551 g/mol. The smallest absolute Gasteiger partial charge is 0.295 e. The molecule has 0 saturated carbocycles. The van der Waals surface area contributed by atoms with Crippen LogP contribution in [0.4, 0.5) is 0 Å². The lowest BCUT2D eigenvalue weighted by Gasteiger charge is -2.26. The number of rotatable bonds is 12. The van der Waals surface area contributed by atoms with E-state index in [4.69, 9.17) is 9.47 Å². The Bertz CT molecular complexity index is 1500. The van der Waals surface area contributed by atoms with Crippen LogP contribution in [0.1, 0.15) is 42.5 Å². The molecule has 8 heteroatoms. The Labute approximate surface area is 239 Å². The summed E-state index contributed by atoms with van der Waals surface area (Å²) in [7, 11) is 0. The van der Waals surface area contributed by atoms with Gasteiger partial charge in [0.15, 0.2) is 0 Å². The fourth-order valence-electron chi connectivity index (χ4n) is 4.90. The zero-order chi connectivity index (χ0) is 28.6. The molecule has 2 heterocycles. The number of likely N-dealkylation sites (tertiary alicyclic amines) is 1. The van der Waals surface area contributed by atoms with Gasteiger partial charge in [-0.15, -0.1) is 0 Å². The van der Waals surface area contributed by atoms with Crippen LogP contribution in [0.5, 0.6) is 11.5 Å². The summed E-state index contributed by atoms with van der Waals surface area (Å²) >= 11 is 0. The number of carbonyl (C=O) groups excluding carboxylic acids is 2. The molecule has 1 unspecified atom stereocenters. The average Bonchev–Trinajstić information content (AvgIpc) is 3.62. The van der Waals surface area contributed by atoms with Crippen LogP contribution < -0.4 is 9.47 Å². The number of imidazole rings is 1. The Kier molecular flexibility index (Phi) is 8.79. The van der Waals surface area contributed by atoms with E-state index in [2.05, 4.69) is 4.98 Å². The topological polar surface area (TPSA) is 93.9 Å². The quantitative estimate of drug-likeness (QED) is 0.137. The van der Waals surface area contributed by atoms with Gasteiger partial charge in [0.25, 0.3) is 11.7 Å². The molecule has 0 aliphatic carbocycles. The van der Waals surface area contributed by atoms with Gasteiger partial charge >= 0.3 is 0 Å². The lowest BCUT2D eigenvalue weighted by molar-refractivity contribution is -0.139. The van der Waals surface area contributed by atoms with Crippen molar-refractivity contribution in [1.82, 2.24) is 14.5 Å². The molecule has 0 spiro atoms. The number of hydrogen-bond donors (Lipinski definition) is 1. The van der Waals surface area contributed by atoms with Gasteiger partial charge in [-0.25, -0.2) is 4.98 Å². The first-order chi connectivity index (χ1) is 20.0. The lowest BCUT2D eigenvalue weighted by Crippen LogP contribution is -2.31. The summed E-state index contributed by atoms with van der Waals surface area (Å²) in [4.78, 5) is 32.4. The first-order valence-electron chi connectivity index (χ1n) is 13.8. The molecule has 1 aliphatic rings. The summed E-state index contributed by atoms with van der Waals surface area (Å²) in [5.41, 5.74) is 2.20. The molecule has 0 radical (unpaired) electrons. The Morgan fingerprint density at radius 2 is 1.73 bits per heavy atom. The standard InChI is InChI=1S/C33H33N3O5/c1-2-20-40-27-14-12-25(13-15-27)31(37)29-30(36(33(39)32(29)38)18-7-17-35-19-16-34-23-35)26-10-6-11-28(21-26)41-22-24-8-4-3-5-9-24/h3-6,8-16,19,21,23,30,37H,2,7,17-18,20,22H2,1H3. The van der Waals surface area contributed by atoms with Gasteiger partial charge in [-0.3, -0.25) is 9.59 Å². The number of aryl methyl sites for hydroxylation is 1. The van der Waals surface area contributed by atoms with E-state index in [1.165, 1.54) is 0 Å². The van der Waals surface area contributed by atoms with Crippen LogP contribution in [0.3, 0.4) is 0 Å². The molecule has 1 N–H and O–H groups in total. The van der Waals surface area contributed by atoms with Gasteiger partial charge in [0, 0.05) is 31.0 Å². The maximum atomic E-state index is 13.4. The number of amides is 1. The van der Waals surface area contributed by atoms with E-state index in [1.54, 1.807) is 41.7 Å². The van der Waals surface area contributed by atoms with Gasteiger partial charge in [-0.2, -0.15) is 0 Å². The van der Waals surface area contributed by atoms with Crippen molar-refractivity contribution < 1.29 is 24.2 Å². The molecule has 8 nitrogen and oxygen atoms in total. The molecule has 5 rings (SSSR count). The van der Waals surface area contributed by atoms with Gasteiger partial charge < -0.3 is 24.0 Å². The maximum Gasteiger partial charge on any atom is 0.295 e. The third-order valence-corrected chi connectivity index (χ3v) is 6.94. The largest absolute Gasteiger partial charge is 0.507 e. The molecule has 4 aromatic rings. The number of ketones is 1. The summed E-state index contributed by atoms with van der Waals surface area (Å²) in [6.45, 7) is 3.94. The van der Waals surface area contributed by atoms with Crippen molar-refractivity contribution in [2.24, 2.45) is 0 Å². The number of hydrogen-bond acceptors (Lipinski definition) is 6. The number of benzene rings is 3. The molecular weight excluding hydrogens is 518 g/mol. The van der Waals surface area contributed by atoms with Crippen molar-refractivity contribution in [3.63, 3.8) is 0 Å². The first kappa shape index (κ1) is 27.7. The van der Waals surface area contributed by atoms with E-state index in [9.17, 15) is 14.7 Å². The maximum absolute atomic E-state index is 13.4. The number of carbonyl (C=O) groups is 2. The third-order valence-electron chi connectivity index (χ3n) is 6.94. The van der Waals surface area contributed by atoms with Gasteiger partial charge in [-0.05, 0) is 60.4 Å². The summed E-state index contributed by atoms with van der Waals surface area (Å²) in [5.74, 6) is -0.295. The van der Waals surface area contributed by atoms with Gasteiger partial charge in [0.2, 0.25) is 0 Å². The summed E-state index contributed by atoms with van der Waals surface area (Å²) in [6, 6.07) is 23.3. The molecule has 1 fully saturated rings. The minimum Gasteiger partial charge on any atom is -0.507 e. The number of Topliss-reactive ketones (excluding diaryl/α,β-unsaturated/α-hetero) is 1. The van der Waals surface area contributed by atoms with E-state index in [0.29, 0.717) is 55.4 Å². The number of aliphatic hydroxyl groups excluding tert-OH is 1. The van der Waals surface area contributed by atoms with Gasteiger partial charge in [-0.1, -0.05) is 49.4 Å². The molecule has 210 valence electrons. The summed E-state index contributed by atoms with van der Waals surface area (Å²) in [6.07, 6.45) is 6.75. The van der Waals surface area contributed by atoms with Gasteiger partial charge in [0.1, 0.15) is 23.9 Å². The molecule has 0 bridgehead atoms. The van der Waals surface area contributed by atoms with E-state index < -0.39 is 17.7 Å². The molecular formula is C33H33N3O5. The Balaban J connectivity index is 1.47. The second-order valence-corrected chi connectivity index (χ2v) is 9.87. The molecule has 1 aromatic heterocycles. The van der Waals surface area contributed by atoms with Crippen LogP contribution in [0.15, 0.2) is 103 Å². The van der Waals surface area contributed by atoms with Crippen molar-refractivity contribution in [2.45, 2.75) is 39.0 Å². The van der Waals surface area contributed by atoms with Crippen molar-refractivity contribution in [1.29, 1.82) is 0 Å². The van der Waals surface area contributed by atoms with Crippen LogP contribution >= 0.6 is 0 Å². The second-order valence-electron chi connectivity index (χ2n) is 9.87. The van der Waals surface area contributed by atoms with E-state index in [1.807, 2.05) is 72.3 Å². The fourth-order valence-corrected chi connectivity index (χ4v) is 4.90. The number of aliphatic hydroxyl groups is 1. The van der Waals surface area contributed by atoms with Crippen LogP contribution in [0, 0.1) is 0 Å². The minimum atomic E-state index is -0.769. The Morgan fingerprint density at radius 3 is 2.46 bits per heavy atom. The normalized spacial score (nSPS) is 16.2. The van der Waals surface area contributed by atoms with Crippen molar-refractivity contribution in [2.75, 3.05) is 13.2 Å². The molecule has 41 heavy (non-hydrogen) atoms. The molecule has 1 saturated heterocycles. The summed E-state index contributed by atoms with van der Waals surface area (Å²) in [5, 5.41) is 11.4. The number of nitrogens with zero attached hydrogens (tertiary/aromatic N) is 3. The zero-order valence-corrected chi connectivity index (χ0v) is 23.0. The highest BCUT2D eigenvalue weighted by atomic mass is 16.5. The van der Waals surface area contributed by atoms with E-state index >= 15 is 0 Å². The number of aromatic nitrogens is 2. The molecule has 1 amide bonds. The highest BCUT2D eigenvalue weighted by Crippen LogP contribution is 2.40. The van der Waals surface area contributed by atoms with Crippen LogP contribution in [-0.2, 0) is 22.7 Å². The molecule has 3 aromatic carbocycles. The minimum absolute atomic E-state index is 0.0556. The Hall–Kier alpha value is -4.85. The average molecular weight is 552 g/mol. The zero-order valence-electron chi connectivity index (χ0n) is 23.0. The van der Waals surface area contributed by atoms with E-state index in [0.717, 1.165) is 12.0 Å². The van der Waals surface area contributed by atoms with Crippen molar-refractivity contribution in [3.8, 4) is 11.5 Å². The van der Waals surface area contributed by atoms with Crippen LogP contribution in [0.25, 0.3) is 5.76 Å². The highest BCUT2D eigenvalue weighted by molar-refractivity contribution is 6.46. The Morgan fingerprint density at radius 1 is 0.927 bits per heavy atom. The lowest BCUT2D eigenvalue weighted by atomic mass is 9.95. The SMILES string of the molecule is CCCOc1ccc(C(O)=C2C(=O)C(=O)N(CCCn3ccnc3)C2c2cccc(OCc3ccccc3)c2)cc1. The highest BCUT2D eigenvalue weighted by Gasteiger charge is 2.45. The van der Waals surface area contributed by atoms with Crippen LogP contribution in [0.2, 0.25) is 0 Å². The predicted molar refractivity (Wildman–Crippen MR) is 155 cm³/mol. The van der Waals surface area contributed by atoms with Crippen LogP contribution in [-0.4, -0.2) is 44.4 Å². The number of ether oxygens (including phenoxy) is 2. The second kappa shape index (κ2) is 13.0. The predicted octanol–water partition coefficient (Wildman–Crippen LogP) is 5.76. The first-order valence-corrected chi connectivity index (χ1v) is 13.8. The van der Waals surface area contributed by atoms with Crippen molar-refractivity contribution >= 4 is 17.4 Å². The van der Waals surface area contributed by atoms with Crippen molar-refractivity contribution in [3.05, 3.63) is 120 Å². The third kappa shape index (κ3) is 6.49. The molecule has 1 aliphatic heterocycles. The van der Waals surface area contributed by atoms with E-state index in [-0.39, 0.29) is 11.3 Å². The summed E-state index contributed by atoms with van der Waals surface area (Å²) < 4.78 is 13.6.